The van der Waals surface area contributed by atoms with Crippen LogP contribution in [0.1, 0.15) is 25.5 Å². The van der Waals surface area contributed by atoms with Crippen LogP contribution in [0.4, 0.5) is 0 Å². The largest absolute Gasteiger partial charge is 0.472 e. The van der Waals surface area contributed by atoms with Crippen molar-refractivity contribution in [3.8, 4) is 0 Å². The number of nitrogens with zero attached hydrogens (tertiary/aromatic N) is 1. The third-order valence-electron chi connectivity index (χ3n) is 2.90. The second kappa shape index (κ2) is 4.13. The molecule has 0 bridgehead atoms. The van der Waals surface area contributed by atoms with Gasteiger partial charge in [-0.15, -0.1) is 0 Å². The Labute approximate surface area is 85.0 Å². The van der Waals surface area contributed by atoms with Crippen molar-refractivity contribution in [3.05, 3.63) is 24.2 Å². The smallest absolute Gasteiger partial charge is 0.0951 e. The van der Waals surface area contributed by atoms with Gasteiger partial charge in [-0.25, -0.2) is 0 Å². The molecule has 4 heteroatoms. The highest BCUT2D eigenvalue weighted by Gasteiger charge is 2.32. The van der Waals surface area contributed by atoms with Crippen LogP contribution in [0.15, 0.2) is 23.0 Å². The first kappa shape index (κ1) is 11.2. The minimum Gasteiger partial charge on any atom is -0.472 e. The van der Waals surface area contributed by atoms with Crippen LogP contribution in [0, 0.1) is 0 Å². The number of nitrogens with one attached hydrogen (secondary N) is 1. The Kier molecular flexibility index (Phi) is 3.31. The quantitative estimate of drug-likeness (QED) is 0.561. The predicted octanol–water partition coefficient (Wildman–Crippen LogP) is 1.12. The molecule has 0 saturated carbocycles. The Hall–Kier alpha value is -0.840. The van der Waals surface area contributed by atoms with Crippen LogP contribution < -0.4 is 11.3 Å². The topological polar surface area (TPSA) is 54.4 Å². The molecule has 0 fully saturated rings. The van der Waals surface area contributed by atoms with E-state index in [9.17, 15) is 0 Å². The fourth-order valence-electron chi connectivity index (χ4n) is 1.41. The summed E-state index contributed by atoms with van der Waals surface area (Å²) >= 11 is 0. The molecule has 1 heterocycles. The van der Waals surface area contributed by atoms with Crippen molar-refractivity contribution in [3.63, 3.8) is 0 Å². The number of hydrogen-bond acceptors (Lipinski definition) is 4. The van der Waals surface area contributed by atoms with Gasteiger partial charge in [-0.2, -0.15) is 0 Å². The summed E-state index contributed by atoms with van der Waals surface area (Å²) in [5.74, 6) is 5.57. The zero-order valence-corrected chi connectivity index (χ0v) is 9.24. The van der Waals surface area contributed by atoms with Gasteiger partial charge in [0, 0.05) is 11.1 Å². The Morgan fingerprint density at radius 2 is 2.14 bits per heavy atom. The van der Waals surface area contributed by atoms with E-state index in [2.05, 4.69) is 24.2 Å². The van der Waals surface area contributed by atoms with Crippen LogP contribution in [0.3, 0.4) is 0 Å². The van der Waals surface area contributed by atoms with Gasteiger partial charge in [0.1, 0.15) is 0 Å². The van der Waals surface area contributed by atoms with E-state index in [1.54, 1.807) is 12.5 Å². The number of hydrogen-bond donors (Lipinski definition) is 2. The van der Waals surface area contributed by atoms with Crippen molar-refractivity contribution in [2.24, 2.45) is 5.84 Å². The average Bonchev–Trinajstić information content (AvgIpc) is 2.57. The fourth-order valence-corrected chi connectivity index (χ4v) is 1.41. The van der Waals surface area contributed by atoms with Gasteiger partial charge in [0.2, 0.25) is 0 Å². The fraction of sp³-hybridized carbons (Fsp3) is 0.600. The molecule has 1 unspecified atom stereocenters. The predicted molar refractivity (Wildman–Crippen MR) is 56.5 cm³/mol. The van der Waals surface area contributed by atoms with Gasteiger partial charge in [-0.05, 0) is 34.0 Å². The Balaban J connectivity index is 2.92. The van der Waals surface area contributed by atoms with Crippen LogP contribution in [0.2, 0.25) is 0 Å². The van der Waals surface area contributed by atoms with E-state index in [4.69, 9.17) is 10.3 Å². The van der Waals surface area contributed by atoms with Crippen molar-refractivity contribution in [1.29, 1.82) is 0 Å². The second-order valence-electron chi connectivity index (χ2n) is 4.20. The van der Waals surface area contributed by atoms with E-state index >= 15 is 0 Å². The molecule has 1 aromatic heterocycles. The third kappa shape index (κ3) is 1.97. The summed E-state index contributed by atoms with van der Waals surface area (Å²) in [6.07, 6.45) is 3.38. The Morgan fingerprint density at radius 3 is 2.50 bits per heavy atom. The molecule has 0 spiro atoms. The molecule has 0 amide bonds. The zero-order chi connectivity index (χ0) is 10.8. The summed E-state index contributed by atoms with van der Waals surface area (Å²) < 4.78 is 5.06. The number of furan rings is 1. The molecular formula is C10H19N3O. The highest BCUT2D eigenvalue weighted by atomic mass is 16.3. The monoisotopic (exact) mass is 197 g/mol. The molecule has 1 atom stereocenters. The van der Waals surface area contributed by atoms with Crippen molar-refractivity contribution < 1.29 is 4.42 Å². The number of nitrogens with two attached hydrogens (primary N) is 1. The van der Waals surface area contributed by atoms with Gasteiger partial charge >= 0.3 is 0 Å². The Bertz CT molecular complexity index is 267. The van der Waals surface area contributed by atoms with Crippen LogP contribution in [-0.2, 0) is 0 Å². The molecule has 0 aliphatic heterocycles. The number of likely N-dealkylation sites (N-methyl/N-ethyl adjacent to an activating group) is 1. The van der Waals surface area contributed by atoms with Crippen LogP contribution in [-0.4, -0.2) is 24.5 Å². The van der Waals surface area contributed by atoms with Gasteiger partial charge in [0.05, 0.1) is 18.6 Å². The molecular weight excluding hydrogens is 178 g/mol. The Morgan fingerprint density at radius 1 is 1.50 bits per heavy atom. The molecule has 14 heavy (non-hydrogen) atoms. The maximum absolute atomic E-state index is 5.57. The van der Waals surface area contributed by atoms with Crippen LogP contribution in [0.25, 0.3) is 0 Å². The van der Waals surface area contributed by atoms with Gasteiger partial charge in [-0.3, -0.25) is 11.3 Å². The van der Waals surface area contributed by atoms with Crippen LogP contribution >= 0.6 is 0 Å². The van der Waals surface area contributed by atoms with E-state index < -0.39 is 0 Å². The molecule has 1 aromatic rings. The first-order valence-corrected chi connectivity index (χ1v) is 4.65. The lowest BCUT2D eigenvalue weighted by Gasteiger charge is -2.39. The summed E-state index contributed by atoms with van der Waals surface area (Å²) in [6.45, 7) is 4.26. The summed E-state index contributed by atoms with van der Waals surface area (Å²) in [5, 5.41) is 0. The van der Waals surface area contributed by atoms with E-state index in [1.165, 1.54) is 0 Å². The lowest BCUT2D eigenvalue weighted by atomic mass is 9.89. The zero-order valence-electron chi connectivity index (χ0n) is 9.24. The first-order valence-electron chi connectivity index (χ1n) is 4.65. The molecule has 0 aliphatic carbocycles. The number of hydrazine groups is 1. The highest BCUT2D eigenvalue weighted by molar-refractivity contribution is 5.16. The minimum absolute atomic E-state index is 0.0521. The molecule has 80 valence electrons. The van der Waals surface area contributed by atoms with Crippen molar-refractivity contribution >= 4 is 0 Å². The van der Waals surface area contributed by atoms with E-state index in [-0.39, 0.29) is 11.6 Å². The molecule has 0 saturated heterocycles. The van der Waals surface area contributed by atoms with Crippen LogP contribution in [0.5, 0.6) is 0 Å². The summed E-state index contributed by atoms with van der Waals surface area (Å²) in [4.78, 5) is 2.13. The van der Waals surface area contributed by atoms with E-state index in [0.29, 0.717) is 0 Å². The molecule has 1 rings (SSSR count). The standard InChI is InChI=1S/C10H19N3O/c1-10(2,13(3)4)9(12-11)8-5-6-14-7-8/h5-7,9,12H,11H2,1-4H3. The molecule has 0 aromatic carbocycles. The summed E-state index contributed by atoms with van der Waals surface area (Å²) in [6, 6.07) is 1.98. The number of rotatable bonds is 4. The maximum atomic E-state index is 5.57. The van der Waals surface area contributed by atoms with Crippen molar-refractivity contribution in [2.75, 3.05) is 14.1 Å². The van der Waals surface area contributed by atoms with E-state index in [1.807, 2.05) is 20.2 Å². The van der Waals surface area contributed by atoms with Gasteiger partial charge < -0.3 is 9.32 Å². The maximum Gasteiger partial charge on any atom is 0.0951 e. The summed E-state index contributed by atoms with van der Waals surface area (Å²) in [7, 11) is 4.06. The molecule has 0 aliphatic rings. The van der Waals surface area contributed by atoms with Gasteiger partial charge in [-0.1, -0.05) is 0 Å². The van der Waals surface area contributed by atoms with Gasteiger partial charge in [0.25, 0.3) is 0 Å². The second-order valence-corrected chi connectivity index (χ2v) is 4.20. The third-order valence-corrected chi connectivity index (χ3v) is 2.90. The average molecular weight is 197 g/mol. The SMILES string of the molecule is CN(C)C(C)(C)C(NN)c1ccoc1. The highest BCUT2D eigenvalue weighted by Crippen LogP contribution is 2.28. The lowest BCUT2D eigenvalue weighted by Crippen LogP contribution is -2.51. The minimum atomic E-state index is -0.0708. The lowest BCUT2D eigenvalue weighted by molar-refractivity contribution is 0.138. The summed E-state index contributed by atoms with van der Waals surface area (Å²) in [5.41, 5.74) is 3.81. The molecule has 4 nitrogen and oxygen atoms in total. The molecule has 0 radical (unpaired) electrons. The molecule has 3 N–H and O–H groups in total. The van der Waals surface area contributed by atoms with Crippen molar-refractivity contribution in [2.45, 2.75) is 25.4 Å². The van der Waals surface area contributed by atoms with E-state index in [0.717, 1.165) is 5.56 Å². The normalized spacial score (nSPS) is 14.7. The van der Waals surface area contributed by atoms with Gasteiger partial charge in [0.15, 0.2) is 0 Å². The first-order chi connectivity index (χ1) is 6.50. The van der Waals surface area contributed by atoms with Crippen molar-refractivity contribution in [1.82, 2.24) is 10.3 Å².